The predicted molar refractivity (Wildman–Crippen MR) is 99.3 cm³/mol. The first-order valence-corrected chi connectivity index (χ1v) is 9.59. The Morgan fingerprint density at radius 2 is 1.81 bits per heavy atom. The third kappa shape index (κ3) is 3.70. The van der Waals surface area contributed by atoms with Crippen LogP contribution in [0.5, 0.6) is 11.5 Å². The molecule has 10 heteroatoms. The molecule has 0 bridgehead atoms. The topological polar surface area (TPSA) is 108 Å². The van der Waals surface area contributed by atoms with Gasteiger partial charge in [-0.25, -0.2) is 13.1 Å². The Balaban J connectivity index is 2.07. The molecule has 1 N–H and O–H groups in total. The van der Waals surface area contributed by atoms with Gasteiger partial charge >= 0.3 is 0 Å². The van der Waals surface area contributed by atoms with Gasteiger partial charge in [-0.15, -0.1) is 5.10 Å². The van der Waals surface area contributed by atoms with Crippen LogP contribution in [0.3, 0.4) is 0 Å². The van der Waals surface area contributed by atoms with Gasteiger partial charge in [0.2, 0.25) is 0 Å². The van der Waals surface area contributed by atoms with Crippen LogP contribution in [0.2, 0.25) is 0 Å². The minimum Gasteiger partial charge on any atom is -0.495 e. The number of ether oxygens (including phenoxy) is 2. The van der Waals surface area contributed by atoms with E-state index in [0.29, 0.717) is 29.4 Å². The van der Waals surface area contributed by atoms with Gasteiger partial charge in [-0.3, -0.25) is 4.72 Å². The summed E-state index contributed by atoms with van der Waals surface area (Å²) in [5.41, 5.74) is 0.883. The van der Waals surface area contributed by atoms with Crippen LogP contribution in [0.25, 0.3) is 11.4 Å². The van der Waals surface area contributed by atoms with Crippen molar-refractivity contribution in [3.63, 3.8) is 0 Å². The zero-order valence-corrected chi connectivity index (χ0v) is 15.9. The van der Waals surface area contributed by atoms with E-state index in [-0.39, 0.29) is 10.6 Å². The van der Waals surface area contributed by atoms with Crippen molar-refractivity contribution in [1.29, 1.82) is 0 Å². The summed E-state index contributed by atoms with van der Waals surface area (Å²) >= 11 is 0. The monoisotopic (exact) mass is 389 g/mol. The molecule has 0 aliphatic heterocycles. The molecule has 0 radical (unpaired) electrons. The third-order valence-corrected chi connectivity index (χ3v) is 5.28. The van der Waals surface area contributed by atoms with Gasteiger partial charge in [-0.05, 0) is 47.7 Å². The van der Waals surface area contributed by atoms with Gasteiger partial charge in [0.1, 0.15) is 16.4 Å². The summed E-state index contributed by atoms with van der Waals surface area (Å²) in [4.78, 5) is -0.0286. The Hall–Kier alpha value is -3.14. The summed E-state index contributed by atoms with van der Waals surface area (Å²) < 4.78 is 40.6. The summed E-state index contributed by atoms with van der Waals surface area (Å²) in [7, 11) is -1.07. The highest BCUT2D eigenvalue weighted by Gasteiger charge is 2.23. The maximum atomic E-state index is 13.0. The zero-order chi connectivity index (χ0) is 19.4. The first-order chi connectivity index (χ1) is 13.0. The van der Waals surface area contributed by atoms with E-state index < -0.39 is 10.0 Å². The lowest BCUT2D eigenvalue weighted by Gasteiger charge is -2.14. The number of anilines is 1. The quantitative estimate of drug-likeness (QED) is 0.660. The van der Waals surface area contributed by atoms with Crippen molar-refractivity contribution >= 4 is 15.7 Å². The number of rotatable bonds is 7. The number of nitrogens with one attached hydrogen (secondary N) is 1. The summed E-state index contributed by atoms with van der Waals surface area (Å²) in [6, 6.07) is 11.5. The molecule has 1 aromatic heterocycles. The van der Waals surface area contributed by atoms with Gasteiger partial charge in [0.15, 0.2) is 5.82 Å². The van der Waals surface area contributed by atoms with Crippen LogP contribution in [0.15, 0.2) is 47.4 Å². The van der Waals surface area contributed by atoms with E-state index in [1.165, 1.54) is 20.3 Å². The number of sulfonamides is 1. The Morgan fingerprint density at radius 3 is 2.52 bits per heavy atom. The summed E-state index contributed by atoms with van der Waals surface area (Å²) in [6.07, 6.45) is 0. The Labute approximate surface area is 157 Å². The highest BCUT2D eigenvalue weighted by atomic mass is 32.2. The van der Waals surface area contributed by atoms with E-state index in [1.807, 2.05) is 6.92 Å². The van der Waals surface area contributed by atoms with E-state index in [4.69, 9.17) is 9.47 Å². The Morgan fingerprint density at radius 1 is 1.07 bits per heavy atom. The molecule has 0 amide bonds. The second-order valence-corrected chi connectivity index (χ2v) is 7.14. The minimum absolute atomic E-state index is 0.0286. The van der Waals surface area contributed by atoms with Crippen molar-refractivity contribution in [3.05, 3.63) is 42.5 Å². The van der Waals surface area contributed by atoms with Crippen LogP contribution < -0.4 is 14.2 Å². The molecule has 0 fully saturated rings. The average molecular weight is 389 g/mol. The van der Waals surface area contributed by atoms with E-state index >= 15 is 0 Å². The van der Waals surface area contributed by atoms with E-state index in [0.717, 1.165) is 0 Å². The number of nitrogens with zero attached hydrogens (tertiary/aromatic N) is 4. The maximum Gasteiger partial charge on any atom is 0.265 e. The molecule has 142 valence electrons. The molecule has 27 heavy (non-hydrogen) atoms. The number of hydrogen-bond donors (Lipinski definition) is 1. The molecule has 2 aromatic carbocycles. The molecular formula is C17H19N5O4S. The fraction of sp³-hybridized carbons (Fsp3) is 0.235. The van der Waals surface area contributed by atoms with Crippen molar-refractivity contribution in [2.45, 2.75) is 18.4 Å². The first kappa shape index (κ1) is 18.6. The van der Waals surface area contributed by atoms with Gasteiger partial charge < -0.3 is 9.47 Å². The molecule has 0 saturated carbocycles. The van der Waals surface area contributed by atoms with Crippen LogP contribution >= 0.6 is 0 Å². The Bertz CT molecular complexity index is 1050. The van der Waals surface area contributed by atoms with Crippen LogP contribution in [-0.2, 0) is 16.6 Å². The number of methoxy groups -OCH3 is 2. The normalized spacial score (nSPS) is 11.2. The van der Waals surface area contributed by atoms with Crippen LogP contribution in [0, 0.1) is 0 Å². The molecule has 0 atom stereocenters. The second-order valence-electron chi connectivity index (χ2n) is 5.49. The molecule has 0 saturated heterocycles. The largest absolute Gasteiger partial charge is 0.495 e. The maximum absolute atomic E-state index is 13.0. The molecule has 3 rings (SSSR count). The molecule has 0 unspecified atom stereocenters. The minimum atomic E-state index is -3.95. The molecular weight excluding hydrogens is 370 g/mol. The number of para-hydroxylation sites is 2. The molecule has 0 aliphatic rings. The van der Waals surface area contributed by atoms with Gasteiger partial charge in [0.25, 0.3) is 10.0 Å². The van der Waals surface area contributed by atoms with Crippen LogP contribution in [-0.4, -0.2) is 42.8 Å². The van der Waals surface area contributed by atoms with Crippen molar-refractivity contribution in [2.24, 2.45) is 0 Å². The number of aryl methyl sites for hydroxylation is 1. The third-order valence-electron chi connectivity index (χ3n) is 3.89. The molecule has 9 nitrogen and oxygen atoms in total. The number of benzene rings is 2. The molecule has 0 aliphatic carbocycles. The fourth-order valence-electron chi connectivity index (χ4n) is 2.58. The zero-order valence-electron chi connectivity index (χ0n) is 15.1. The Kier molecular flexibility index (Phi) is 5.26. The van der Waals surface area contributed by atoms with Crippen molar-refractivity contribution in [3.8, 4) is 22.9 Å². The van der Waals surface area contributed by atoms with E-state index in [9.17, 15) is 8.42 Å². The van der Waals surface area contributed by atoms with Crippen LogP contribution in [0.1, 0.15) is 6.92 Å². The SMILES string of the molecule is CCn1nnnc1-c1ccc(OC)c(S(=O)(=O)Nc2ccccc2OC)c1. The molecule has 0 spiro atoms. The van der Waals surface area contributed by atoms with Gasteiger partial charge in [0, 0.05) is 12.1 Å². The smallest absolute Gasteiger partial charge is 0.265 e. The summed E-state index contributed by atoms with van der Waals surface area (Å²) in [6.45, 7) is 2.44. The van der Waals surface area contributed by atoms with Crippen molar-refractivity contribution in [2.75, 3.05) is 18.9 Å². The lowest BCUT2D eigenvalue weighted by molar-refractivity contribution is 0.403. The van der Waals surface area contributed by atoms with Crippen molar-refractivity contribution in [1.82, 2.24) is 20.2 Å². The van der Waals surface area contributed by atoms with E-state index in [1.54, 1.807) is 41.1 Å². The second kappa shape index (κ2) is 7.62. The highest BCUT2D eigenvalue weighted by molar-refractivity contribution is 7.92. The highest BCUT2D eigenvalue weighted by Crippen LogP contribution is 2.32. The van der Waals surface area contributed by atoms with E-state index in [2.05, 4.69) is 20.2 Å². The predicted octanol–water partition coefficient (Wildman–Crippen LogP) is 2.18. The number of aromatic nitrogens is 4. The average Bonchev–Trinajstić information content (AvgIpc) is 3.16. The summed E-state index contributed by atoms with van der Waals surface area (Å²) in [5.74, 6) is 1.08. The fourth-order valence-corrected chi connectivity index (χ4v) is 3.85. The first-order valence-electron chi connectivity index (χ1n) is 8.10. The van der Waals surface area contributed by atoms with Gasteiger partial charge in [-0.2, -0.15) is 0 Å². The standard InChI is InChI=1S/C17H19N5O4S/c1-4-22-17(18-20-21-22)12-9-10-15(26-3)16(11-12)27(23,24)19-13-7-5-6-8-14(13)25-2/h5-11,19H,4H2,1-3H3. The van der Waals surface area contributed by atoms with Crippen LogP contribution in [0.4, 0.5) is 5.69 Å². The van der Waals surface area contributed by atoms with Gasteiger partial charge in [0.05, 0.1) is 19.9 Å². The number of tetrazole rings is 1. The molecule has 3 aromatic rings. The lowest BCUT2D eigenvalue weighted by atomic mass is 10.2. The lowest BCUT2D eigenvalue weighted by Crippen LogP contribution is -2.15. The summed E-state index contributed by atoms with van der Waals surface area (Å²) in [5, 5.41) is 11.5. The van der Waals surface area contributed by atoms with Gasteiger partial charge in [-0.1, -0.05) is 12.1 Å². The molecule has 1 heterocycles. The number of hydrogen-bond acceptors (Lipinski definition) is 7. The van der Waals surface area contributed by atoms with Crippen molar-refractivity contribution < 1.29 is 17.9 Å².